The van der Waals surface area contributed by atoms with E-state index in [1.54, 1.807) is 0 Å². The Bertz CT molecular complexity index is 255. The zero-order chi connectivity index (χ0) is 13.5. The molecule has 0 aromatic carbocycles. The number of carbonyl (C=O) groups excluding carboxylic acids is 1. The second-order valence-corrected chi connectivity index (χ2v) is 6.06. The van der Waals surface area contributed by atoms with Crippen LogP contribution in [0.4, 0.5) is 0 Å². The number of nitrogens with two attached hydrogens (primary N) is 1. The van der Waals surface area contributed by atoms with Crippen molar-refractivity contribution in [1.82, 2.24) is 5.32 Å². The zero-order valence-electron chi connectivity index (χ0n) is 12.2. The van der Waals surface area contributed by atoms with Crippen molar-refractivity contribution < 1.29 is 4.79 Å². The summed E-state index contributed by atoms with van der Waals surface area (Å²) in [7, 11) is 0. The molecule has 4 unspecified atom stereocenters. The number of nitrogens with one attached hydrogen (secondary N) is 1. The van der Waals surface area contributed by atoms with Gasteiger partial charge in [0.1, 0.15) is 0 Å². The molecule has 1 rings (SSSR count). The first-order valence-corrected chi connectivity index (χ1v) is 7.60. The van der Waals surface area contributed by atoms with Crippen LogP contribution in [0.25, 0.3) is 0 Å². The monoisotopic (exact) mass is 254 g/mol. The van der Waals surface area contributed by atoms with Gasteiger partial charge in [0.25, 0.3) is 0 Å². The van der Waals surface area contributed by atoms with Gasteiger partial charge < -0.3 is 11.1 Å². The topological polar surface area (TPSA) is 55.1 Å². The van der Waals surface area contributed by atoms with Gasteiger partial charge in [0.2, 0.25) is 5.91 Å². The predicted molar refractivity (Wildman–Crippen MR) is 76.2 cm³/mol. The first-order chi connectivity index (χ1) is 8.54. The molecule has 0 aromatic rings. The summed E-state index contributed by atoms with van der Waals surface area (Å²) < 4.78 is 0. The molecule has 3 N–H and O–H groups in total. The minimum Gasteiger partial charge on any atom is -0.353 e. The zero-order valence-corrected chi connectivity index (χ0v) is 12.2. The second kappa shape index (κ2) is 7.78. The van der Waals surface area contributed by atoms with E-state index < -0.39 is 0 Å². The summed E-state index contributed by atoms with van der Waals surface area (Å²) in [5.41, 5.74) is 5.97. The molecule has 1 saturated carbocycles. The van der Waals surface area contributed by atoms with Gasteiger partial charge >= 0.3 is 0 Å². The van der Waals surface area contributed by atoms with Crippen LogP contribution < -0.4 is 11.1 Å². The van der Waals surface area contributed by atoms with Gasteiger partial charge in [0, 0.05) is 18.0 Å². The molecule has 106 valence electrons. The van der Waals surface area contributed by atoms with E-state index in [1.165, 1.54) is 19.3 Å². The van der Waals surface area contributed by atoms with Crippen molar-refractivity contribution in [2.24, 2.45) is 17.6 Å². The minimum atomic E-state index is 0.127. The lowest BCUT2D eigenvalue weighted by Crippen LogP contribution is -2.44. The Morgan fingerprint density at radius 3 is 2.78 bits per heavy atom. The summed E-state index contributed by atoms with van der Waals surface area (Å²) >= 11 is 0. The first kappa shape index (κ1) is 15.5. The van der Waals surface area contributed by atoms with Crippen LogP contribution in [-0.2, 0) is 4.79 Å². The molecule has 1 fully saturated rings. The SMILES string of the molecule is CCCCCC(C)NC(=O)C1CC(N)CCC1C. The van der Waals surface area contributed by atoms with Gasteiger partial charge in [0.15, 0.2) is 0 Å². The molecule has 1 aliphatic rings. The van der Waals surface area contributed by atoms with Crippen LogP contribution in [0.15, 0.2) is 0 Å². The average Bonchev–Trinajstić information content (AvgIpc) is 2.32. The third kappa shape index (κ3) is 4.97. The van der Waals surface area contributed by atoms with E-state index in [0.717, 1.165) is 25.7 Å². The highest BCUT2D eigenvalue weighted by atomic mass is 16.1. The highest BCUT2D eigenvalue weighted by molar-refractivity contribution is 5.79. The molecule has 1 aliphatic carbocycles. The molecule has 0 aliphatic heterocycles. The summed E-state index contributed by atoms with van der Waals surface area (Å²) in [6, 6.07) is 0.516. The van der Waals surface area contributed by atoms with E-state index in [0.29, 0.717) is 12.0 Å². The van der Waals surface area contributed by atoms with Gasteiger partial charge in [-0.05, 0) is 38.5 Å². The smallest absolute Gasteiger partial charge is 0.223 e. The van der Waals surface area contributed by atoms with Gasteiger partial charge in [-0.2, -0.15) is 0 Å². The van der Waals surface area contributed by atoms with Gasteiger partial charge in [-0.25, -0.2) is 0 Å². The maximum Gasteiger partial charge on any atom is 0.223 e. The van der Waals surface area contributed by atoms with Crippen molar-refractivity contribution in [2.45, 2.75) is 77.8 Å². The Kier molecular flexibility index (Phi) is 6.69. The summed E-state index contributed by atoms with van der Waals surface area (Å²) in [5, 5.41) is 3.16. The number of amides is 1. The summed E-state index contributed by atoms with van der Waals surface area (Å²) in [6.45, 7) is 6.49. The number of hydrogen-bond acceptors (Lipinski definition) is 2. The maximum absolute atomic E-state index is 12.2. The van der Waals surface area contributed by atoms with Crippen molar-refractivity contribution in [3.05, 3.63) is 0 Å². The lowest BCUT2D eigenvalue weighted by molar-refractivity contribution is -0.128. The highest BCUT2D eigenvalue weighted by Gasteiger charge is 2.31. The Hall–Kier alpha value is -0.570. The number of hydrogen-bond donors (Lipinski definition) is 2. The third-order valence-corrected chi connectivity index (χ3v) is 4.20. The molecule has 1 amide bonds. The van der Waals surface area contributed by atoms with E-state index in [4.69, 9.17) is 5.73 Å². The fourth-order valence-electron chi connectivity index (χ4n) is 2.84. The van der Waals surface area contributed by atoms with Crippen LogP contribution >= 0.6 is 0 Å². The highest BCUT2D eigenvalue weighted by Crippen LogP contribution is 2.29. The lowest BCUT2D eigenvalue weighted by Gasteiger charge is -2.32. The minimum absolute atomic E-state index is 0.127. The predicted octanol–water partition coefficient (Wildman–Crippen LogP) is 2.83. The van der Waals surface area contributed by atoms with Gasteiger partial charge in [-0.15, -0.1) is 0 Å². The fraction of sp³-hybridized carbons (Fsp3) is 0.933. The summed E-state index contributed by atoms with van der Waals surface area (Å²) in [6.07, 6.45) is 7.79. The van der Waals surface area contributed by atoms with Crippen molar-refractivity contribution in [2.75, 3.05) is 0 Å². The molecular formula is C15H30N2O. The van der Waals surface area contributed by atoms with Crippen molar-refractivity contribution in [3.8, 4) is 0 Å². The van der Waals surface area contributed by atoms with E-state index >= 15 is 0 Å². The van der Waals surface area contributed by atoms with Crippen molar-refractivity contribution in [1.29, 1.82) is 0 Å². The van der Waals surface area contributed by atoms with Gasteiger partial charge in [-0.3, -0.25) is 4.79 Å². The molecule has 4 atom stereocenters. The number of rotatable bonds is 6. The molecule has 3 heteroatoms. The molecule has 0 heterocycles. The Labute approximate surface area is 112 Å². The molecule has 0 saturated heterocycles. The van der Waals surface area contributed by atoms with Crippen LogP contribution in [0.1, 0.15) is 65.7 Å². The lowest BCUT2D eigenvalue weighted by atomic mass is 9.77. The number of unbranched alkanes of at least 4 members (excludes halogenated alkanes) is 2. The molecule has 18 heavy (non-hydrogen) atoms. The van der Waals surface area contributed by atoms with Crippen LogP contribution in [0.2, 0.25) is 0 Å². The standard InChI is InChI=1S/C15H30N2O/c1-4-5-6-7-12(3)17-15(18)14-10-13(16)9-8-11(14)2/h11-14H,4-10,16H2,1-3H3,(H,17,18). The van der Waals surface area contributed by atoms with Crippen LogP contribution in [0.3, 0.4) is 0 Å². The molecular weight excluding hydrogens is 224 g/mol. The van der Waals surface area contributed by atoms with Crippen molar-refractivity contribution in [3.63, 3.8) is 0 Å². The quantitative estimate of drug-likeness (QED) is 0.716. The molecule has 3 nitrogen and oxygen atoms in total. The maximum atomic E-state index is 12.2. The fourth-order valence-corrected chi connectivity index (χ4v) is 2.84. The second-order valence-electron chi connectivity index (χ2n) is 6.06. The van der Waals surface area contributed by atoms with E-state index in [9.17, 15) is 4.79 Å². The first-order valence-electron chi connectivity index (χ1n) is 7.60. The van der Waals surface area contributed by atoms with E-state index in [1.807, 2.05) is 0 Å². The Balaban J connectivity index is 2.34. The van der Waals surface area contributed by atoms with Crippen LogP contribution in [-0.4, -0.2) is 18.0 Å². The van der Waals surface area contributed by atoms with Gasteiger partial charge in [-0.1, -0.05) is 33.1 Å². The van der Waals surface area contributed by atoms with E-state index in [-0.39, 0.29) is 17.9 Å². The normalized spacial score (nSPS) is 29.9. The molecule has 0 aromatic heterocycles. The third-order valence-electron chi connectivity index (χ3n) is 4.20. The molecule has 0 spiro atoms. The Morgan fingerprint density at radius 2 is 2.11 bits per heavy atom. The largest absolute Gasteiger partial charge is 0.353 e. The Morgan fingerprint density at radius 1 is 1.39 bits per heavy atom. The summed E-state index contributed by atoms with van der Waals surface area (Å²) in [5.74, 6) is 0.830. The van der Waals surface area contributed by atoms with Gasteiger partial charge in [0.05, 0.1) is 0 Å². The summed E-state index contributed by atoms with van der Waals surface area (Å²) in [4.78, 5) is 12.2. The van der Waals surface area contributed by atoms with E-state index in [2.05, 4.69) is 26.1 Å². The van der Waals surface area contributed by atoms with Crippen molar-refractivity contribution >= 4 is 5.91 Å². The molecule has 0 radical (unpaired) electrons. The average molecular weight is 254 g/mol. The number of carbonyl (C=O) groups is 1. The van der Waals surface area contributed by atoms with Crippen LogP contribution in [0.5, 0.6) is 0 Å². The van der Waals surface area contributed by atoms with Crippen LogP contribution in [0, 0.1) is 11.8 Å². The molecule has 0 bridgehead atoms.